The van der Waals surface area contributed by atoms with Gasteiger partial charge in [-0.15, -0.1) is 5.10 Å². The third-order valence-corrected chi connectivity index (χ3v) is 7.48. The van der Waals surface area contributed by atoms with Gasteiger partial charge in [0.1, 0.15) is 5.56 Å². The number of nitrogens with two attached hydrogens (primary N) is 1. The van der Waals surface area contributed by atoms with Crippen LogP contribution in [0.2, 0.25) is 0 Å². The average Bonchev–Trinajstić information content (AvgIpc) is 3.55. The Bertz CT molecular complexity index is 1480. The molecule has 1 aromatic carbocycles. The largest absolute Gasteiger partial charge is 0.462 e. The van der Waals surface area contributed by atoms with Crippen LogP contribution in [0.5, 0.6) is 0 Å². The zero-order chi connectivity index (χ0) is 27.7. The number of nitrogen functional groups attached to an aromatic ring is 1. The first-order chi connectivity index (χ1) is 18.8. The highest BCUT2D eigenvalue weighted by Gasteiger charge is 2.34. The number of anilines is 2. The van der Waals surface area contributed by atoms with Crippen LogP contribution < -0.4 is 10.6 Å². The molecule has 1 saturated carbocycles. The molecule has 9 heteroatoms. The van der Waals surface area contributed by atoms with E-state index in [9.17, 15) is 9.59 Å². The molecule has 39 heavy (non-hydrogen) atoms. The number of hydrogen-bond acceptors (Lipinski definition) is 6. The van der Waals surface area contributed by atoms with Crippen molar-refractivity contribution in [1.82, 2.24) is 19.2 Å². The Morgan fingerprint density at radius 3 is 2.46 bits per heavy atom. The van der Waals surface area contributed by atoms with Gasteiger partial charge in [-0.05, 0) is 76.6 Å². The fraction of sp³-hybridized carbons (Fsp3) is 0.400. The molecule has 0 aliphatic heterocycles. The van der Waals surface area contributed by atoms with Crippen molar-refractivity contribution in [1.29, 1.82) is 0 Å². The summed E-state index contributed by atoms with van der Waals surface area (Å²) in [5.74, 6) is 0.439. The van der Waals surface area contributed by atoms with Crippen molar-refractivity contribution >= 4 is 29.0 Å². The summed E-state index contributed by atoms with van der Waals surface area (Å²) in [5.41, 5.74) is 10.1. The van der Waals surface area contributed by atoms with Crippen molar-refractivity contribution in [2.45, 2.75) is 59.4 Å². The molecule has 9 nitrogen and oxygen atoms in total. The fourth-order valence-corrected chi connectivity index (χ4v) is 5.29. The van der Waals surface area contributed by atoms with E-state index in [1.54, 1.807) is 22.7 Å². The Hall–Kier alpha value is -4.14. The number of esters is 1. The molecular weight excluding hydrogens is 492 g/mol. The number of hydrogen-bond donors (Lipinski definition) is 1. The molecule has 0 bridgehead atoms. The molecular formula is C30H36N6O3. The van der Waals surface area contributed by atoms with E-state index < -0.39 is 5.97 Å². The Balaban J connectivity index is 1.49. The van der Waals surface area contributed by atoms with Gasteiger partial charge in [-0.2, -0.15) is 0 Å². The van der Waals surface area contributed by atoms with Gasteiger partial charge >= 0.3 is 5.97 Å². The van der Waals surface area contributed by atoms with Crippen LogP contribution in [0.1, 0.15) is 63.7 Å². The van der Waals surface area contributed by atoms with Crippen LogP contribution in [0, 0.1) is 11.8 Å². The first-order valence-corrected chi connectivity index (χ1v) is 13.7. The van der Waals surface area contributed by atoms with Crippen molar-refractivity contribution in [2.24, 2.45) is 11.8 Å². The van der Waals surface area contributed by atoms with Crippen molar-refractivity contribution in [3.05, 3.63) is 60.6 Å². The molecule has 0 unspecified atom stereocenters. The summed E-state index contributed by atoms with van der Waals surface area (Å²) in [4.78, 5) is 33.1. The van der Waals surface area contributed by atoms with Gasteiger partial charge in [0.15, 0.2) is 11.5 Å². The quantitative estimate of drug-likeness (QED) is 0.317. The molecule has 1 aliphatic carbocycles. The molecule has 1 amide bonds. The number of carbonyl (C=O) groups excluding carboxylic acids is 2. The Morgan fingerprint density at radius 2 is 1.82 bits per heavy atom. The van der Waals surface area contributed by atoms with E-state index in [-0.39, 0.29) is 30.0 Å². The SMILES string of the molecule is CCOC(=O)c1cn(-c2ccc(-c3cn4cccc(N)c4n3)cc2)nc1N(C(=O)[C@H]1CC[C@H](C)CC1)C(C)C. The molecule has 0 radical (unpaired) electrons. The highest BCUT2D eigenvalue weighted by molar-refractivity contribution is 6.02. The summed E-state index contributed by atoms with van der Waals surface area (Å²) >= 11 is 0. The first kappa shape index (κ1) is 26.5. The van der Waals surface area contributed by atoms with E-state index >= 15 is 0 Å². The van der Waals surface area contributed by atoms with Gasteiger partial charge in [0.05, 0.1) is 23.7 Å². The number of carbonyl (C=O) groups is 2. The minimum atomic E-state index is -0.492. The maximum Gasteiger partial charge on any atom is 0.343 e. The number of amides is 1. The number of fused-ring (bicyclic) bond motifs is 1. The Kier molecular flexibility index (Phi) is 7.41. The summed E-state index contributed by atoms with van der Waals surface area (Å²) in [5, 5.41) is 4.77. The monoisotopic (exact) mass is 528 g/mol. The van der Waals surface area contributed by atoms with E-state index in [0.717, 1.165) is 42.6 Å². The summed E-state index contributed by atoms with van der Waals surface area (Å²) < 4.78 is 8.89. The second kappa shape index (κ2) is 10.9. The van der Waals surface area contributed by atoms with Gasteiger partial charge in [-0.1, -0.05) is 19.1 Å². The number of rotatable bonds is 7. The number of imidazole rings is 1. The highest BCUT2D eigenvalue weighted by atomic mass is 16.5. The predicted octanol–water partition coefficient (Wildman–Crippen LogP) is 5.51. The Labute approximate surface area is 228 Å². The van der Waals surface area contributed by atoms with Gasteiger partial charge in [0, 0.05) is 36.1 Å². The minimum Gasteiger partial charge on any atom is -0.462 e. The maximum atomic E-state index is 13.7. The van der Waals surface area contributed by atoms with Gasteiger partial charge in [0.2, 0.25) is 5.91 Å². The van der Waals surface area contributed by atoms with Crippen LogP contribution >= 0.6 is 0 Å². The fourth-order valence-electron chi connectivity index (χ4n) is 5.29. The van der Waals surface area contributed by atoms with Gasteiger partial charge in [-0.3, -0.25) is 9.69 Å². The smallest absolute Gasteiger partial charge is 0.343 e. The van der Waals surface area contributed by atoms with Gasteiger partial charge in [-0.25, -0.2) is 14.5 Å². The topological polar surface area (TPSA) is 108 Å². The summed E-state index contributed by atoms with van der Waals surface area (Å²) in [6, 6.07) is 11.3. The number of nitrogens with zero attached hydrogens (tertiary/aromatic N) is 5. The molecule has 204 valence electrons. The average molecular weight is 529 g/mol. The lowest BCUT2D eigenvalue weighted by Crippen LogP contribution is -2.43. The number of benzene rings is 1. The van der Waals surface area contributed by atoms with E-state index in [0.29, 0.717) is 23.1 Å². The first-order valence-electron chi connectivity index (χ1n) is 13.7. The van der Waals surface area contributed by atoms with Crippen LogP contribution in [-0.2, 0) is 9.53 Å². The zero-order valence-electron chi connectivity index (χ0n) is 23.0. The normalized spacial score (nSPS) is 17.5. The predicted molar refractivity (Wildman–Crippen MR) is 152 cm³/mol. The van der Waals surface area contributed by atoms with Gasteiger partial charge in [0.25, 0.3) is 0 Å². The molecule has 5 rings (SSSR count). The van der Waals surface area contributed by atoms with Crippen LogP contribution in [-0.4, -0.2) is 43.7 Å². The van der Waals surface area contributed by atoms with Crippen LogP contribution in [0.3, 0.4) is 0 Å². The molecule has 2 N–H and O–H groups in total. The number of pyridine rings is 1. The van der Waals surface area contributed by atoms with Crippen molar-refractivity contribution < 1.29 is 14.3 Å². The van der Waals surface area contributed by atoms with Crippen LogP contribution in [0.25, 0.3) is 22.6 Å². The summed E-state index contributed by atoms with van der Waals surface area (Å²) in [6.45, 7) is 8.14. The second-order valence-electron chi connectivity index (χ2n) is 10.7. The number of aromatic nitrogens is 4. The van der Waals surface area contributed by atoms with E-state index in [2.05, 4.69) is 11.9 Å². The summed E-state index contributed by atoms with van der Waals surface area (Å²) in [7, 11) is 0. The zero-order valence-corrected chi connectivity index (χ0v) is 23.0. The minimum absolute atomic E-state index is 0.0224. The van der Waals surface area contributed by atoms with E-state index in [1.807, 2.05) is 67.0 Å². The molecule has 0 saturated heterocycles. The van der Waals surface area contributed by atoms with Gasteiger partial charge < -0.3 is 14.9 Å². The van der Waals surface area contributed by atoms with Crippen LogP contribution in [0.4, 0.5) is 11.5 Å². The standard InChI is InChI=1S/C30H36N6O3/c1-5-39-30(38)24-17-35(33-27(24)36(19(2)3)29(37)22-10-8-20(4)9-11-22)23-14-12-21(13-15-23)26-18-34-16-6-7-25(31)28(34)32-26/h6-7,12-20,22H,5,8-11,31H2,1-4H3/t20-,22-. The maximum absolute atomic E-state index is 13.7. The highest BCUT2D eigenvalue weighted by Crippen LogP contribution is 2.33. The van der Waals surface area contributed by atoms with Crippen molar-refractivity contribution in [2.75, 3.05) is 17.2 Å². The lowest BCUT2D eigenvalue weighted by molar-refractivity contribution is -0.124. The molecule has 3 heterocycles. The Morgan fingerprint density at radius 1 is 1.10 bits per heavy atom. The van der Waals surface area contributed by atoms with Crippen molar-refractivity contribution in [3.8, 4) is 16.9 Å². The molecule has 1 aliphatic rings. The lowest BCUT2D eigenvalue weighted by Gasteiger charge is -2.32. The van der Waals surface area contributed by atoms with Crippen LogP contribution in [0.15, 0.2) is 55.0 Å². The third kappa shape index (κ3) is 5.26. The molecule has 0 spiro atoms. The second-order valence-corrected chi connectivity index (χ2v) is 10.7. The number of ether oxygens (including phenoxy) is 1. The third-order valence-electron chi connectivity index (χ3n) is 7.48. The van der Waals surface area contributed by atoms with E-state index in [1.165, 1.54) is 0 Å². The summed E-state index contributed by atoms with van der Waals surface area (Å²) in [6.07, 6.45) is 9.28. The molecule has 4 aromatic rings. The molecule has 3 aromatic heterocycles. The molecule has 1 fully saturated rings. The molecule has 0 atom stereocenters. The van der Waals surface area contributed by atoms with E-state index in [4.69, 9.17) is 15.6 Å². The lowest BCUT2D eigenvalue weighted by atomic mass is 9.82. The van der Waals surface area contributed by atoms with Crippen molar-refractivity contribution in [3.63, 3.8) is 0 Å².